The van der Waals surface area contributed by atoms with Crippen molar-refractivity contribution < 1.29 is 9.59 Å². The van der Waals surface area contributed by atoms with Gasteiger partial charge >= 0.3 is 0 Å². The number of carbonyl (C=O) groups excluding carboxylic acids is 2. The van der Waals surface area contributed by atoms with Crippen LogP contribution < -0.4 is 0 Å². The highest BCUT2D eigenvalue weighted by molar-refractivity contribution is 6.03. The molecule has 0 spiro atoms. The molecule has 0 aliphatic carbocycles. The molecule has 23 heavy (non-hydrogen) atoms. The Morgan fingerprint density at radius 2 is 1.30 bits per heavy atom. The van der Waals surface area contributed by atoms with Crippen molar-refractivity contribution in [2.24, 2.45) is 10.8 Å². The third-order valence-electron chi connectivity index (χ3n) is 5.82. The Kier molecular flexibility index (Phi) is 7.18. The summed E-state index contributed by atoms with van der Waals surface area (Å²) in [6.45, 7) is 10.1. The van der Waals surface area contributed by atoms with Crippen LogP contribution in [0, 0.1) is 10.8 Å². The Morgan fingerprint density at radius 3 is 1.78 bits per heavy atom. The van der Waals surface area contributed by atoms with Gasteiger partial charge in [-0.05, 0) is 37.7 Å². The van der Waals surface area contributed by atoms with Crippen LogP contribution in [0.2, 0.25) is 0 Å². The minimum absolute atomic E-state index is 0.0807. The van der Waals surface area contributed by atoms with E-state index in [0.717, 1.165) is 32.1 Å². The summed E-state index contributed by atoms with van der Waals surface area (Å²) in [6, 6.07) is 10.2. The van der Waals surface area contributed by atoms with Gasteiger partial charge in [0.15, 0.2) is 0 Å². The Hall–Kier alpha value is -1.44. The van der Waals surface area contributed by atoms with E-state index in [0.29, 0.717) is 0 Å². The maximum Gasteiger partial charge on any atom is 0.146 e. The number of ketones is 2. The summed E-state index contributed by atoms with van der Waals surface area (Å²) >= 11 is 0. The van der Waals surface area contributed by atoms with E-state index in [9.17, 15) is 9.59 Å². The molecule has 128 valence electrons. The van der Waals surface area contributed by atoms with Crippen molar-refractivity contribution in [2.45, 2.75) is 73.1 Å². The van der Waals surface area contributed by atoms with Crippen molar-refractivity contribution in [3.05, 3.63) is 35.9 Å². The zero-order valence-corrected chi connectivity index (χ0v) is 15.4. The van der Waals surface area contributed by atoms with Crippen LogP contribution in [-0.2, 0) is 16.0 Å². The van der Waals surface area contributed by atoms with E-state index in [1.807, 2.05) is 52.8 Å². The van der Waals surface area contributed by atoms with E-state index >= 15 is 0 Å². The van der Waals surface area contributed by atoms with Crippen LogP contribution in [0.25, 0.3) is 0 Å². The van der Waals surface area contributed by atoms with Gasteiger partial charge in [0.05, 0.1) is 6.42 Å². The standard InChI is InChI=1S/C21H32O2/c1-6-20(4,7-2)18(22)16-19(23)21(5,8-3)15-14-17-12-10-9-11-13-17/h9-13H,6-8,14-16H2,1-5H3. The Bertz CT molecular complexity index is 514. The molecule has 1 unspecified atom stereocenters. The molecule has 0 aromatic heterocycles. The van der Waals surface area contributed by atoms with Crippen LogP contribution in [0.1, 0.15) is 72.3 Å². The first kappa shape index (κ1) is 19.6. The Morgan fingerprint density at radius 1 is 0.826 bits per heavy atom. The molecular formula is C21H32O2. The second-order valence-corrected chi connectivity index (χ2v) is 7.19. The number of benzene rings is 1. The highest BCUT2D eigenvalue weighted by atomic mass is 16.2. The molecule has 0 heterocycles. The monoisotopic (exact) mass is 316 g/mol. The van der Waals surface area contributed by atoms with Crippen molar-refractivity contribution in [3.63, 3.8) is 0 Å². The average molecular weight is 316 g/mol. The summed E-state index contributed by atoms with van der Waals surface area (Å²) in [5, 5.41) is 0. The van der Waals surface area contributed by atoms with Crippen LogP contribution in [-0.4, -0.2) is 11.6 Å². The summed E-state index contributed by atoms with van der Waals surface area (Å²) in [7, 11) is 0. The van der Waals surface area contributed by atoms with Crippen molar-refractivity contribution >= 4 is 11.6 Å². The van der Waals surface area contributed by atoms with E-state index in [1.165, 1.54) is 5.56 Å². The maximum atomic E-state index is 12.8. The summed E-state index contributed by atoms with van der Waals surface area (Å²) in [6.07, 6.45) is 4.13. The molecule has 1 rings (SSSR count). The predicted octanol–water partition coefficient (Wildman–Crippen LogP) is 5.39. The third-order valence-corrected chi connectivity index (χ3v) is 5.82. The van der Waals surface area contributed by atoms with Gasteiger partial charge in [-0.1, -0.05) is 65.0 Å². The molecule has 1 atom stereocenters. The molecule has 1 aromatic rings. The lowest BCUT2D eigenvalue weighted by atomic mass is 9.72. The van der Waals surface area contributed by atoms with Gasteiger partial charge in [-0.2, -0.15) is 0 Å². The van der Waals surface area contributed by atoms with Crippen molar-refractivity contribution in [3.8, 4) is 0 Å². The molecule has 1 aromatic carbocycles. The van der Waals surface area contributed by atoms with E-state index in [2.05, 4.69) is 12.1 Å². The largest absolute Gasteiger partial charge is 0.299 e. The molecular weight excluding hydrogens is 284 g/mol. The number of hydrogen-bond acceptors (Lipinski definition) is 2. The number of aryl methyl sites for hydroxylation is 1. The number of Topliss-reactive ketones (excluding diaryl/α,β-unsaturated/α-hetero) is 2. The average Bonchev–Trinajstić information content (AvgIpc) is 2.59. The Balaban J connectivity index is 2.75. The van der Waals surface area contributed by atoms with Crippen LogP contribution in [0.15, 0.2) is 30.3 Å². The second-order valence-electron chi connectivity index (χ2n) is 7.19. The van der Waals surface area contributed by atoms with Crippen LogP contribution in [0.5, 0.6) is 0 Å². The lowest BCUT2D eigenvalue weighted by Gasteiger charge is -2.30. The van der Waals surface area contributed by atoms with Crippen molar-refractivity contribution in [2.75, 3.05) is 0 Å². The van der Waals surface area contributed by atoms with Gasteiger partial charge in [0.1, 0.15) is 11.6 Å². The van der Waals surface area contributed by atoms with Crippen LogP contribution >= 0.6 is 0 Å². The first-order chi connectivity index (χ1) is 10.8. The number of hydrogen-bond donors (Lipinski definition) is 0. The molecule has 0 saturated heterocycles. The fraction of sp³-hybridized carbons (Fsp3) is 0.619. The number of rotatable bonds is 10. The lowest BCUT2D eigenvalue weighted by molar-refractivity contribution is -0.137. The molecule has 0 bridgehead atoms. The smallest absolute Gasteiger partial charge is 0.146 e. The fourth-order valence-electron chi connectivity index (χ4n) is 2.80. The molecule has 0 N–H and O–H groups in total. The van der Waals surface area contributed by atoms with Gasteiger partial charge < -0.3 is 0 Å². The van der Waals surface area contributed by atoms with Gasteiger partial charge in [-0.25, -0.2) is 0 Å². The molecule has 0 amide bonds. The minimum Gasteiger partial charge on any atom is -0.299 e. The fourth-order valence-corrected chi connectivity index (χ4v) is 2.80. The molecule has 2 nitrogen and oxygen atoms in total. The van der Waals surface area contributed by atoms with Gasteiger partial charge in [0.25, 0.3) is 0 Å². The molecule has 0 aliphatic rings. The summed E-state index contributed by atoms with van der Waals surface area (Å²) in [5.41, 5.74) is 0.482. The summed E-state index contributed by atoms with van der Waals surface area (Å²) in [5.74, 6) is 0.209. The number of carbonyl (C=O) groups is 2. The zero-order chi connectivity index (χ0) is 17.5. The molecule has 0 radical (unpaired) electrons. The zero-order valence-electron chi connectivity index (χ0n) is 15.4. The SMILES string of the molecule is CCC(C)(CC)C(=O)CC(=O)C(C)(CC)CCc1ccccc1. The van der Waals surface area contributed by atoms with E-state index < -0.39 is 5.41 Å². The van der Waals surface area contributed by atoms with Gasteiger partial charge in [-0.3, -0.25) is 9.59 Å². The first-order valence-corrected chi connectivity index (χ1v) is 8.92. The van der Waals surface area contributed by atoms with E-state index in [-0.39, 0.29) is 23.4 Å². The summed E-state index contributed by atoms with van der Waals surface area (Å²) < 4.78 is 0. The Labute approximate surface area is 141 Å². The molecule has 2 heteroatoms. The van der Waals surface area contributed by atoms with Crippen molar-refractivity contribution in [1.82, 2.24) is 0 Å². The lowest BCUT2D eigenvalue weighted by Crippen LogP contribution is -2.34. The van der Waals surface area contributed by atoms with E-state index in [4.69, 9.17) is 0 Å². The highest BCUT2D eigenvalue weighted by Gasteiger charge is 2.36. The topological polar surface area (TPSA) is 34.1 Å². The molecule has 0 saturated carbocycles. The summed E-state index contributed by atoms with van der Waals surface area (Å²) in [4.78, 5) is 25.3. The van der Waals surface area contributed by atoms with Crippen LogP contribution in [0.3, 0.4) is 0 Å². The highest BCUT2D eigenvalue weighted by Crippen LogP contribution is 2.34. The van der Waals surface area contributed by atoms with Crippen LogP contribution in [0.4, 0.5) is 0 Å². The minimum atomic E-state index is -0.409. The first-order valence-electron chi connectivity index (χ1n) is 8.92. The predicted molar refractivity (Wildman–Crippen MR) is 96.5 cm³/mol. The third kappa shape index (κ3) is 5.02. The van der Waals surface area contributed by atoms with Gasteiger partial charge in [0, 0.05) is 10.8 Å². The normalized spacial score (nSPS) is 14.3. The molecule has 0 fully saturated rings. The molecule has 0 aliphatic heterocycles. The van der Waals surface area contributed by atoms with Crippen molar-refractivity contribution in [1.29, 1.82) is 0 Å². The van der Waals surface area contributed by atoms with Gasteiger partial charge in [-0.15, -0.1) is 0 Å². The second kappa shape index (κ2) is 8.42. The van der Waals surface area contributed by atoms with Gasteiger partial charge in [0.2, 0.25) is 0 Å². The quantitative estimate of drug-likeness (QED) is 0.542. The maximum absolute atomic E-state index is 12.8. The van der Waals surface area contributed by atoms with E-state index in [1.54, 1.807) is 0 Å².